The van der Waals surface area contributed by atoms with E-state index in [9.17, 15) is 0 Å². The van der Waals surface area contributed by atoms with Gasteiger partial charge in [-0.25, -0.2) is 0 Å². The molecule has 0 aliphatic heterocycles. The van der Waals surface area contributed by atoms with Gasteiger partial charge in [0.2, 0.25) is 0 Å². The van der Waals surface area contributed by atoms with Crippen molar-refractivity contribution in [2.24, 2.45) is 0 Å². The fourth-order valence-electron chi connectivity index (χ4n) is 3.74. The Labute approximate surface area is 186 Å². The third kappa shape index (κ3) is 3.76. The number of rotatable bonds is 4. The van der Waals surface area contributed by atoms with Gasteiger partial charge in [0.25, 0.3) is 0 Å². The molecule has 0 atom stereocenters. The molecule has 1 N–H and O–H groups in total. The largest absolute Gasteiger partial charge is 1.00 e. The van der Waals surface area contributed by atoms with E-state index in [2.05, 4.69) is 55.5 Å². The van der Waals surface area contributed by atoms with Gasteiger partial charge in [0, 0.05) is 0 Å². The molecule has 0 saturated carbocycles. The van der Waals surface area contributed by atoms with Crippen molar-refractivity contribution >= 4 is 14.9 Å². The monoisotopic (exact) mass is 475 g/mol. The van der Waals surface area contributed by atoms with Crippen molar-refractivity contribution in [2.75, 3.05) is 13.2 Å². The molecule has 0 fully saturated rings. The van der Waals surface area contributed by atoms with Crippen LogP contribution in [0.25, 0.3) is 14.9 Å². The summed E-state index contributed by atoms with van der Waals surface area (Å²) in [5.41, 5.74) is 3.88. The molecular weight excluding hydrogens is 458 g/mol. The summed E-state index contributed by atoms with van der Waals surface area (Å²) in [5.74, 6) is 0.894. The second-order valence-corrected chi connectivity index (χ2v) is 7.41. The van der Waals surface area contributed by atoms with E-state index in [-0.39, 0.29) is 31.4 Å². The van der Waals surface area contributed by atoms with Gasteiger partial charge < -0.3 is 24.8 Å². The number of allylic oxidation sites excluding steroid dienone is 3. The van der Waals surface area contributed by atoms with Gasteiger partial charge in [-0.1, -0.05) is 0 Å². The quantitative estimate of drug-likeness (QED) is 0.495. The molecule has 0 spiro atoms. The third-order valence-corrected chi connectivity index (χ3v) is 6.10. The second kappa shape index (κ2) is 9.39. The maximum Gasteiger partial charge on any atom is -1.00 e. The minimum absolute atomic E-state index is 0. The Morgan fingerprint density at radius 3 is 2.48 bits per heavy atom. The topological polar surface area (TPSA) is 29.5 Å². The van der Waals surface area contributed by atoms with Gasteiger partial charge in [-0.05, 0) is 0 Å². The van der Waals surface area contributed by atoms with Crippen molar-refractivity contribution in [3.05, 3.63) is 86.3 Å². The maximum absolute atomic E-state index is 9.12. The van der Waals surface area contributed by atoms with Crippen molar-refractivity contribution in [3.63, 3.8) is 0 Å². The number of ether oxygens (including phenoxy) is 1. The summed E-state index contributed by atoms with van der Waals surface area (Å²) in [4.78, 5) is 0. The second-order valence-electron chi connectivity index (χ2n) is 6.18. The van der Waals surface area contributed by atoms with Gasteiger partial charge in [0.1, 0.15) is 0 Å². The Bertz CT molecular complexity index is 1130. The SMILES string of the molecule is CC=c1ccc2c(c1C1=C(OCCO)C=CC1)[C]([Zr+2])=c1ccccc1=2.[Cl-].[Cl-]. The number of benzene rings is 2. The summed E-state index contributed by atoms with van der Waals surface area (Å²) in [6.07, 6.45) is 7.23. The number of halogens is 2. The first-order chi connectivity index (χ1) is 12.3. The predicted molar refractivity (Wildman–Crippen MR) is 96.2 cm³/mol. The van der Waals surface area contributed by atoms with Gasteiger partial charge in [0.05, 0.1) is 0 Å². The smallest absolute Gasteiger partial charge is 1.00 e. The van der Waals surface area contributed by atoms with Crippen LogP contribution in [-0.4, -0.2) is 18.3 Å². The molecule has 0 bridgehead atoms. The van der Waals surface area contributed by atoms with Gasteiger partial charge in [-0.2, -0.15) is 0 Å². The maximum atomic E-state index is 9.12. The number of hydrogen-bond donors (Lipinski definition) is 1. The van der Waals surface area contributed by atoms with Crippen LogP contribution < -0.4 is 35.3 Å². The molecule has 2 nitrogen and oxygen atoms in total. The Morgan fingerprint density at radius 2 is 1.78 bits per heavy atom. The van der Waals surface area contributed by atoms with Gasteiger partial charge in [-0.3, -0.25) is 0 Å². The normalized spacial score (nSPS) is 14.7. The van der Waals surface area contributed by atoms with Crippen LogP contribution in [0.5, 0.6) is 0 Å². The van der Waals surface area contributed by atoms with E-state index >= 15 is 0 Å². The van der Waals surface area contributed by atoms with E-state index in [0.717, 1.165) is 12.2 Å². The van der Waals surface area contributed by atoms with Crippen LogP contribution in [0.4, 0.5) is 0 Å². The van der Waals surface area contributed by atoms with E-state index in [1.54, 1.807) is 0 Å². The molecule has 27 heavy (non-hydrogen) atoms. The minimum atomic E-state index is 0. The third-order valence-electron chi connectivity index (χ3n) is 4.82. The average Bonchev–Trinajstić information content (AvgIpc) is 3.23. The van der Waals surface area contributed by atoms with Crippen LogP contribution in [0.1, 0.15) is 24.5 Å². The zero-order chi connectivity index (χ0) is 17.4. The van der Waals surface area contributed by atoms with Crippen molar-refractivity contribution in [2.45, 2.75) is 13.3 Å². The Morgan fingerprint density at radius 1 is 1.04 bits per heavy atom. The fourth-order valence-corrected chi connectivity index (χ4v) is 4.91. The first-order valence-corrected chi connectivity index (χ1v) is 9.78. The van der Waals surface area contributed by atoms with Gasteiger partial charge in [0.15, 0.2) is 0 Å². The van der Waals surface area contributed by atoms with Crippen LogP contribution in [0.15, 0.2) is 54.3 Å². The Kier molecular flexibility index (Phi) is 7.71. The van der Waals surface area contributed by atoms with Crippen molar-refractivity contribution in [1.29, 1.82) is 0 Å². The molecule has 0 amide bonds. The summed E-state index contributed by atoms with van der Waals surface area (Å²) in [7, 11) is 0. The molecule has 0 saturated heterocycles. The molecule has 5 heteroatoms. The van der Waals surface area contributed by atoms with Crippen molar-refractivity contribution < 1.29 is 59.4 Å². The van der Waals surface area contributed by atoms with Gasteiger partial charge in [-0.15, -0.1) is 0 Å². The molecule has 2 aliphatic rings. The van der Waals surface area contributed by atoms with Crippen LogP contribution in [-0.2, 0) is 29.5 Å². The van der Waals surface area contributed by atoms with Crippen molar-refractivity contribution in [1.82, 2.24) is 0 Å². The standard InChI is InChI=1S/C22H19O2.2ClH.Zr/c1-2-15-10-11-18-17-7-4-3-6-16(17)14-20(18)22(15)19-8-5-9-21(19)24-13-12-23;;;/h2-7,9-11,23H,8,12-13H2,1H3;2*1H;/q;;;+2/p-2. The number of hydrogen-bond acceptors (Lipinski definition) is 2. The number of aliphatic hydroxyl groups excluding tert-OH is 1. The Balaban J connectivity index is 0.00000131. The van der Waals surface area contributed by atoms with Crippen LogP contribution in [0.2, 0.25) is 0 Å². The number of aliphatic hydroxyl groups is 1. The molecular formula is C22H19Cl2O2Zr. The predicted octanol–water partition coefficient (Wildman–Crippen LogP) is -3.52. The average molecular weight is 478 g/mol. The molecule has 0 unspecified atom stereocenters. The van der Waals surface area contributed by atoms with E-state index < -0.39 is 0 Å². The first kappa shape index (κ1) is 22.2. The van der Waals surface area contributed by atoms with Gasteiger partial charge >= 0.3 is 162 Å². The summed E-state index contributed by atoms with van der Waals surface area (Å²) in [6, 6.07) is 13.1. The Hall–Kier alpha value is -1.12. The van der Waals surface area contributed by atoms with Crippen LogP contribution in [0.3, 0.4) is 0 Å². The van der Waals surface area contributed by atoms with Crippen LogP contribution >= 0.6 is 0 Å². The summed E-state index contributed by atoms with van der Waals surface area (Å²) in [5, 5.41) is 14.4. The minimum Gasteiger partial charge on any atom is -1.00 e. The summed E-state index contributed by atoms with van der Waals surface area (Å²) in [6.45, 7) is 2.45. The molecule has 2 aromatic carbocycles. The van der Waals surface area contributed by atoms with E-state index in [1.165, 1.54) is 65.6 Å². The molecule has 0 radical (unpaired) electrons. The van der Waals surface area contributed by atoms with E-state index in [4.69, 9.17) is 9.84 Å². The van der Waals surface area contributed by atoms with E-state index in [0.29, 0.717) is 6.61 Å². The summed E-state index contributed by atoms with van der Waals surface area (Å²) < 4.78 is 7.23. The first-order valence-electron chi connectivity index (χ1n) is 8.55. The molecule has 0 heterocycles. The zero-order valence-electron chi connectivity index (χ0n) is 14.9. The van der Waals surface area contributed by atoms with Crippen LogP contribution in [0, 0.1) is 10.4 Å². The van der Waals surface area contributed by atoms with E-state index in [1.807, 2.05) is 6.08 Å². The molecule has 2 aliphatic carbocycles. The van der Waals surface area contributed by atoms with Crippen molar-refractivity contribution in [3.8, 4) is 0 Å². The molecule has 0 aromatic heterocycles. The fraction of sp³-hybridized carbons (Fsp3) is 0.182. The summed E-state index contributed by atoms with van der Waals surface area (Å²) >= 11 is 1.43. The molecule has 4 rings (SSSR count). The molecule has 2 aromatic rings. The number of fused-ring (bicyclic) bond motifs is 2. The molecule has 137 valence electrons. The zero-order valence-corrected chi connectivity index (χ0v) is 18.9.